The molecule has 0 saturated carbocycles. The van der Waals surface area contributed by atoms with Gasteiger partial charge in [-0.15, -0.1) is 0 Å². The number of rotatable bonds is 6. The van der Waals surface area contributed by atoms with E-state index in [-0.39, 0.29) is 17.8 Å². The molecule has 4 heterocycles. The smallest absolute Gasteiger partial charge is 0.225 e. The number of aromatic nitrogens is 3. The predicted octanol–water partition coefficient (Wildman–Crippen LogP) is 1.07. The SMILES string of the molecule is CON=C(c1ccccn1)C1(O)CCN(C(=O)C2CCN(Cc3cnc(N)nc3)CC2)CC1. The van der Waals surface area contributed by atoms with Gasteiger partial charge in [-0.1, -0.05) is 11.2 Å². The van der Waals surface area contributed by atoms with Crippen LogP contribution in [0.2, 0.25) is 0 Å². The van der Waals surface area contributed by atoms with E-state index in [2.05, 4.69) is 25.0 Å². The zero-order chi connectivity index (χ0) is 23.3. The molecule has 0 spiro atoms. The van der Waals surface area contributed by atoms with Gasteiger partial charge in [0.15, 0.2) is 0 Å². The van der Waals surface area contributed by atoms with Crippen LogP contribution in [0.15, 0.2) is 41.9 Å². The Balaban J connectivity index is 1.30. The minimum absolute atomic E-state index is 0.0120. The summed E-state index contributed by atoms with van der Waals surface area (Å²) in [6.45, 7) is 3.42. The second kappa shape index (κ2) is 10.2. The molecule has 2 aromatic heterocycles. The molecule has 3 N–H and O–H groups in total. The Morgan fingerprint density at radius 1 is 1.18 bits per heavy atom. The molecular formula is C23H31N7O3. The van der Waals surface area contributed by atoms with Crippen molar-refractivity contribution in [3.8, 4) is 0 Å². The van der Waals surface area contributed by atoms with Crippen LogP contribution in [0.3, 0.4) is 0 Å². The summed E-state index contributed by atoms with van der Waals surface area (Å²) < 4.78 is 0. The maximum absolute atomic E-state index is 13.2. The highest BCUT2D eigenvalue weighted by molar-refractivity contribution is 6.05. The molecule has 0 bridgehead atoms. The lowest BCUT2D eigenvalue weighted by Gasteiger charge is -2.40. The fraction of sp³-hybridized carbons (Fsp3) is 0.522. The van der Waals surface area contributed by atoms with E-state index in [0.717, 1.165) is 38.0 Å². The number of aliphatic hydroxyl groups is 1. The molecular weight excluding hydrogens is 422 g/mol. The third-order valence-corrected chi connectivity index (χ3v) is 6.50. The fourth-order valence-electron chi connectivity index (χ4n) is 4.60. The maximum Gasteiger partial charge on any atom is 0.225 e. The van der Waals surface area contributed by atoms with Crippen molar-refractivity contribution in [2.24, 2.45) is 11.1 Å². The Hall–Kier alpha value is -3.11. The summed E-state index contributed by atoms with van der Waals surface area (Å²) in [5.41, 5.74) is 6.39. The monoisotopic (exact) mass is 453 g/mol. The van der Waals surface area contributed by atoms with E-state index in [4.69, 9.17) is 10.6 Å². The van der Waals surface area contributed by atoms with E-state index in [0.29, 0.717) is 37.3 Å². The highest BCUT2D eigenvalue weighted by Crippen LogP contribution is 2.29. The number of nitrogens with two attached hydrogens (primary N) is 1. The number of oxime groups is 1. The molecule has 0 unspecified atom stereocenters. The summed E-state index contributed by atoms with van der Waals surface area (Å²) in [5.74, 6) is 0.464. The van der Waals surface area contributed by atoms with Gasteiger partial charge in [0.2, 0.25) is 11.9 Å². The van der Waals surface area contributed by atoms with Gasteiger partial charge in [0.1, 0.15) is 18.4 Å². The van der Waals surface area contributed by atoms with Crippen molar-refractivity contribution in [1.29, 1.82) is 0 Å². The number of pyridine rings is 1. The molecule has 176 valence electrons. The van der Waals surface area contributed by atoms with Crippen LogP contribution in [-0.4, -0.2) is 80.4 Å². The molecule has 0 radical (unpaired) electrons. The van der Waals surface area contributed by atoms with Crippen LogP contribution < -0.4 is 5.73 Å². The molecule has 0 aliphatic carbocycles. The van der Waals surface area contributed by atoms with Crippen LogP contribution in [0.4, 0.5) is 5.95 Å². The van der Waals surface area contributed by atoms with E-state index < -0.39 is 5.60 Å². The standard InChI is InChI=1S/C23H31N7O3/c1-33-28-20(19-4-2-3-9-25-19)23(32)7-12-30(13-8-23)21(31)18-5-10-29(11-6-18)16-17-14-26-22(24)27-15-17/h2-4,9,14-15,18,32H,5-8,10-13,16H2,1H3,(H2,24,26,27). The van der Waals surface area contributed by atoms with Crippen LogP contribution in [0.1, 0.15) is 36.9 Å². The van der Waals surface area contributed by atoms with Gasteiger partial charge in [0, 0.05) is 49.7 Å². The zero-order valence-electron chi connectivity index (χ0n) is 18.9. The van der Waals surface area contributed by atoms with Crippen molar-refractivity contribution < 1.29 is 14.7 Å². The first-order chi connectivity index (χ1) is 16.0. The fourth-order valence-corrected chi connectivity index (χ4v) is 4.60. The van der Waals surface area contributed by atoms with E-state index in [1.807, 2.05) is 17.0 Å². The first kappa shape index (κ1) is 23.1. The van der Waals surface area contributed by atoms with Crippen LogP contribution in [0, 0.1) is 5.92 Å². The van der Waals surface area contributed by atoms with Crippen molar-refractivity contribution in [2.75, 3.05) is 39.0 Å². The lowest BCUT2D eigenvalue weighted by molar-refractivity contribution is -0.139. The van der Waals surface area contributed by atoms with E-state index in [1.54, 1.807) is 24.7 Å². The van der Waals surface area contributed by atoms with Crippen molar-refractivity contribution >= 4 is 17.6 Å². The van der Waals surface area contributed by atoms with Gasteiger partial charge in [-0.2, -0.15) is 0 Å². The number of carbonyl (C=O) groups excluding carboxylic acids is 1. The molecule has 4 rings (SSSR count). The number of nitrogen functional groups attached to an aromatic ring is 1. The third-order valence-electron chi connectivity index (χ3n) is 6.50. The average Bonchev–Trinajstić information content (AvgIpc) is 2.85. The van der Waals surface area contributed by atoms with Crippen LogP contribution in [-0.2, 0) is 16.2 Å². The van der Waals surface area contributed by atoms with Crippen molar-refractivity contribution in [1.82, 2.24) is 24.8 Å². The van der Waals surface area contributed by atoms with Gasteiger partial charge < -0.3 is 20.6 Å². The second-order valence-electron chi connectivity index (χ2n) is 8.69. The Kier molecular flexibility index (Phi) is 7.14. The summed E-state index contributed by atoms with van der Waals surface area (Å²) in [5, 5.41) is 15.4. The average molecular weight is 454 g/mol. The predicted molar refractivity (Wildman–Crippen MR) is 123 cm³/mol. The van der Waals surface area contributed by atoms with Gasteiger partial charge in [0.05, 0.1) is 5.69 Å². The number of likely N-dealkylation sites (tertiary alicyclic amines) is 2. The molecule has 10 nitrogen and oxygen atoms in total. The van der Waals surface area contributed by atoms with Crippen LogP contribution in [0.25, 0.3) is 0 Å². The Morgan fingerprint density at radius 2 is 1.88 bits per heavy atom. The number of nitrogens with zero attached hydrogens (tertiary/aromatic N) is 6. The third kappa shape index (κ3) is 5.45. The van der Waals surface area contributed by atoms with Gasteiger partial charge >= 0.3 is 0 Å². The van der Waals surface area contributed by atoms with Crippen molar-refractivity contribution in [3.05, 3.63) is 48.0 Å². The number of piperidine rings is 2. The molecule has 33 heavy (non-hydrogen) atoms. The highest BCUT2D eigenvalue weighted by atomic mass is 16.6. The summed E-state index contributed by atoms with van der Waals surface area (Å²) >= 11 is 0. The normalized spacial score (nSPS) is 19.9. The molecule has 1 amide bonds. The molecule has 2 aromatic rings. The Bertz CT molecular complexity index is 952. The van der Waals surface area contributed by atoms with Crippen LogP contribution in [0.5, 0.6) is 0 Å². The molecule has 2 saturated heterocycles. The second-order valence-corrected chi connectivity index (χ2v) is 8.69. The lowest BCUT2D eigenvalue weighted by atomic mass is 9.84. The highest BCUT2D eigenvalue weighted by Gasteiger charge is 2.41. The van der Waals surface area contributed by atoms with E-state index >= 15 is 0 Å². The molecule has 2 aliphatic rings. The summed E-state index contributed by atoms with van der Waals surface area (Å²) in [6.07, 6.45) is 7.59. The molecule has 0 atom stereocenters. The first-order valence-corrected chi connectivity index (χ1v) is 11.3. The minimum Gasteiger partial charge on any atom is -0.399 e. The molecule has 0 aromatic carbocycles. The number of carbonyl (C=O) groups is 1. The van der Waals surface area contributed by atoms with Crippen molar-refractivity contribution in [3.63, 3.8) is 0 Å². The summed E-state index contributed by atoms with van der Waals surface area (Å²) in [7, 11) is 1.46. The molecule has 2 aliphatic heterocycles. The largest absolute Gasteiger partial charge is 0.399 e. The lowest BCUT2D eigenvalue weighted by Crippen LogP contribution is -2.53. The molecule has 10 heteroatoms. The maximum atomic E-state index is 13.2. The van der Waals surface area contributed by atoms with E-state index in [9.17, 15) is 9.90 Å². The summed E-state index contributed by atoms with van der Waals surface area (Å²) in [4.78, 5) is 34.7. The Morgan fingerprint density at radius 3 is 2.48 bits per heavy atom. The Labute approximate surface area is 193 Å². The summed E-state index contributed by atoms with van der Waals surface area (Å²) in [6, 6.07) is 5.47. The minimum atomic E-state index is -1.17. The number of amides is 1. The molecule has 2 fully saturated rings. The zero-order valence-corrected chi connectivity index (χ0v) is 18.9. The van der Waals surface area contributed by atoms with Gasteiger partial charge in [-0.3, -0.25) is 14.7 Å². The van der Waals surface area contributed by atoms with Crippen LogP contribution >= 0.6 is 0 Å². The van der Waals surface area contributed by atoms with Gasteiger partial charge in [0.25, 0.3) is 0 Å². The van der Waals surface area contributed by atoms with Crippen molar-refractivity contribution in [2.45, 2.75) is 37.8 Å². The topological polar surface area (TPSA) is 130 Å². The van der Waals surface area contributed by atoms with E-state index in [1.165, 1.54) is 7.11 Å². The van der Waals surface area contributed by atoms with Gasteiger partial charge in [-0.05, 0) is 50.9 Å². The quantitative estimate of drug-likeness (QED) is 0.491. The number of hydrogen-bond acceptors (Lipinski definition) is 9. The number of anilines is 1. The number of hydrogen-bond donors (Lipinski definition) is 2. The van der Waals surface area contributed by atoms with Gasteiger partial charge in [-0.25, -0.2) is 9.97 Å². The first-order valence-electron chi connectivity index (χ1n) is 11.3.